The molecule has 0 aromatic carbocycles. The topological polar surface area (TPSA) is 61.8 Å². The van der Waals surface area contributed by atoms with Crippen molar-refractivity contribution in [3.63, 3.8) is 0 Å². The number of allylic oxidation sites excluding steroid dienone is 10. The molecule has 0 aromatic rings. The van der Waals surface area contributed by atoms with Crippen LogP contribution in [0.1, 0.15) is 265 Å². The van der Waals surface area contributed by atoms with Crippen LogP contribution in [-0.2, 0) is 23.8 Å². The minimum absolute atomic E-state index is 0.0711. The molecule has 0 bridgehead atoms. The minimum Gasteiger partial charge on any atom is -0.462 e. The molecule has 0 heterocycles. The first kappa shape index (κ1) is 59.6. The molecule has 0 N–H and O–H groups in total. The summed E-state index contributed by atoms with van der Waals surface area (Å²) in [4.78, 5) is 25.4. The molecule has 1 unspecified atom stereocenters. The van der Waals surface area contributed by atoms with Crippen LogP contribution in [-0.4, -0.2) is 37.9 Å². The van der Waals surface area contributed by atoms with Gasteiger partial charge in [0.1, 0.15) is 6.61 Å². The van der Waals surface area contributed by atoms with Gasteiger partial charge in [-0.1, -0.05) is 248 Å². The molecule has 0 spiro atoms. The van der Waals surface area contributed by atoms with Crippen LogP contribution in [0, 0.1) is 0 Å². The summed E-state index contributed by atoms with van der Waals surface area (Å²) in [5.74, 6) is -0.423. The zero-order valence-corrected chi connectivity index (χ0v) is 41.4. The largest absolute Gasteiger partial charge is 0.462 e. The third kappa shape index (κ3) is 50.2. The van der Waals surface area contributed by atoms with E-state index in [1.54, 1.807) is 0 Å². The fourth-order valence-corrected chi connectivity index (χ4v) is 7.60. The van der Waals surface area contributed by atoms with Crippen LogP contribution in [0.25, 0.3) is 0 Å². The lowest BCUT2D eigenvalue weighted by Gasteiger charge is -2.18. The molecule has 0 rings (SSSR count). The van der Waals surface area contributed by atoms with Gasteiger partial charge in [-0.05, 0) is 64.2 Å². The molecule has 0 aliphatic heterocycles. The second-order valence-electron chi connectivity index (χ2n) is 17.8. The Morgan fingerprint density at radius 1 is 0.371 bits per heavy atom. The van der Waals surface area contributed by atoms with Crippen molar-refractivity contribution in [1.29, 1.82) is 0 Å². The maximum absolute atomic E-state index is 12.8. The van der Waals surface area contributed by atoms with E-state index in [1.165, 1.54) is 148 Å². The van der Waals surface area contributed by atoms with Crippen LogP contribution in [0.15, 0.2) is 60.8 Å². The van der Waals surface area contributed by atoms with Crippen LogP contribution in [0.5, 0.6) is 0 Å². The predicted molar refractivity (Wildman–Crippen MR) is 270 cm³/mol. The highest BCUT2D eigenvalue weighted by Gasteiger charge is 2.17. The average Bonchev–Trinajstić information content (AvgIpc) is 3.27. The van der Waals surface area contributed by atoms with Gasteiger partial charge in [-0.2, -0.15) is 0 Å². The number of carbonyl (C=O) groups is 2. The zero-order chi connectivity index (χ0) is 44.9. The van der Waals surface area contributed by atoms with E-state index in [2.05, 4.69) is 81.5 Å². The van der Waals surface area contributed by atoms with Gasteiger partial charge in [-0.15, -0.1) is 0 Å². The molecular weight excluding hydrogens is 765 g/mol. The van der Waals surface area contributed by atoms with Crippen molar-refractivity contribution in [2.24, 2.45) is 0 Å². The summed E-state index contributed by atoms with van der Waals surface area (Å²) < 4.78 is 17.4. The Bertz CT molecular complexity index is 1070. The molecule has 0 aromatic heterocycles. The van der Waals surface area contributed by atoms with Gasteiger partial charge in [0.15, 0.2) is 6.10 Å². The number of hydrogen-bond acceptors (Lipinski definition) is 5. The van der Waals surface area contributed by atoms with Crippen LogP contribution < -0.4 is 0 Å². The molecule has 1 atom stereocenters. The van der Waals surface area contributed by atoms with E-state index in [0.29, 0.717) is 19.4 Å². The molecule has 0 saturated heterocycles. The minimum atomic E-state index is -0.546. The number of unbranched alkanes of at least 4 members (excludes halogenated alkanes) is 28. The Balaban J connectivity index is 4.25. The van der Waals surface area contributed by atoms with Crippen molar-refractivity contribution in [2.45, 2.75) is 271 Å². The van der Waals surface area contributed by atoms with Gasteiger partial charge < -0.3 is 14.2 Å². The van der Waals surface area contributed by atoms with Crippen molar-refractivity contribution >= 4 is 11.9 Å². The molecule has 360 valence electrons. The maximum atomic E-state index is 12.8. The normalized spacial score (nSPS) is 12.6. The number of hydrogen-bond donors (Lipinski definition) is 0. The summed E-state index contributed by atoms with van der Waals surface area (Å²) in [6.45, 7) is 7.71. The predicted octanol–water partition coefficient (Wildman–Crippen LogP) is 18.1. The molecule has 0 radical (unpaired) electrons. The molecule has 0 amide bonds. The Morgan fingerprint density at radius 2 is 0.726 bits per heavy atom. The van der Waals surface area contributed by atoms with Crippen molar-refractivity contribution < 1.29 is 23.8 Å². The number of carbonyl (C=O) groups excluding carboxylic acids is 2. The molecule has 62 heavy (non-hydrogen) atoms. The van der Waals surface area contributed by atoms with Gasteiger partial charge in [-0.25, -0.2) is 0 Å². The van der Waals surface area contributed by atoms with Crippen molar-refractivity contribution in [2.75, 3.05) is 19.8 Å². The molecule has 5 heteroatoms. The molecule has 0 saturated carbocycles. The highest BCUT2D eigenvalue weighted by molar-refractivity contribution is 5.70. The first-order valence-corrected chi connectivity index (χ1v) is 26.8. The zero-order valence-electron chi connectivity index (χ0n) is 41.4. The lowest BCUT2D eigenvalue weighted by molar-refractivity contribution is -0.163. The van der Waals surface area contributed by atoms with Gasteiger partial charge >= 0.3 is 11.9 Å². The third-order valence-electron chi connectivity index (χ3n) is 11.6. The Morgan fingerprint density at radius 3 is 1.16 bits per heavy atom. The SMILES string of the molecule is CC/C=C\C/C=C\C/C=C\C/C=C\C/C=C\CCCCCC(=O)OCC(COCCCCCCCCCCCC)OC(=O)CCCCCCCCCCCCCCCCCCC. The van der Waals surface area contributed by atoms with Crippen LogP contribution in [0.3, 0.4) is 0 Å². The Labute approximate surface area is 385 Å². The fraction of sp³-hybridized carbons (Fsp3) is 0.789. The number of rotatable bonds is 49. The average molecular weight is 867 g/mol. The van der Waals surface area contributed by atoms with Gasteiger partial charge in [0.05, 0.1) is 6.61 Å². The van der Waals surface area contributed by atoms with E-state index in [4.69, 9.17) is 14.2 Å². The Hall–Kier alpha value is -2.40. The van der Waals surface area contributed by atoms with Crippen LogP contribution >= 0.6 is 0 Å². The summed E-state index contributed by atoms with van der Waals surface area (Å²) in [6, 6.07) is 0. The first-order chi connectivity index (χ1) is 30.6. The molecule has 0 aliphatic carbocycles. The van der Waals surface area contributed by atoms with Gasteiger partial charge in [0.2, 0.25) is 0 Å². The molecule has 0 fully saturated rings. The second kappa shape index (κ2) is 52.9. The van der Waals surface area contributed by atoms with Crippen molar-refractivity contribution in [3.05, 3.63) is 60.8 Å². The van der Waals surface area contributed by atoms with E-state index < -0.39 is 6.10 Å². The van der Waals surface area contributed by atoms with Gasteiger partial charge in [0.25, 0.3) is 0 Å². The van der Waals surface area contributed by atoms with Gasteiger partial charge in [-0.3, -0.25) is 9.59 Å². The number of ether oxygens (including phenoxy) is 3. The monoisotopic (exact) mass is 867 g/mol. The quantitative estimate of drug-likeness (QED) is 0.0346. The lowest BCUT2D eigenvalue weighted by Crippen LogP contribution is -2.30. The maximum Gasteiger partial charge on any atom is 0.306 e. The van der Waals surface area contributed by atoms with Crippen LogP contribution in [0.4, 0.5) is 0 Å². The first-order valence-electron chi connectivity index (χ1n) is 26.8. The fourth-order valence-electron chi connectivity index (χ4n) is 7.60. The highest BCUT2D eigenvalue weighted by Crippen LogP contribution is 2.16. The number of esters is 2. The summed E-state index contributed by atoms with van der Waals surface area (Å²) in [5.41, 5.74) is 0. The van der Waals surface area contributed by atoms with E-state index in [0.717, 1.165) is 83.5 Å². The lowest BCUT2D eigenvalue weighted by atomic mass is 10.0. The standard InChI is InChI=1S/C57H102O5/c1-4-7-10-13-16-19-22-24-26-28-29-31-32-34-36-38-41-44-47-50-56(58)61-54-55(53-60-52-49-46-43-40-21-18-15-12-9-6-3)62-57(59)51-48-45-42-39-37-35-33-30-27-25-23-20-17-14-11-8-5-2/h7,10,16,19,24,26,29,31,34,36,55H,4-6,8-9,11-15,17-18,20-23,25,27-28,30,32-33,35,37-54H2,1-3H3/b10-7-,19-16-,26-24-,31-29-,36-34-. The molecule has 0 aliphatic rings. The van der Waals surface area contributed by atoms with E-state index in [9.17, 15) is 9.59 Å². The highest BCUT2D eigenvalue weighted by atomic mass is 16.6. The summed E-state index contributed by atoms with van der Waals surface area (Å²) in [7, 11) is 0. The summed E-state index contributed by atoms with van der Waals surface area (Å²) in [6.07, 6.45) is 66.6. The summed E-state index contributed by atoms with van der Waals surface area (Å²) in [5, 5.41) is 0. The molecule has 5 nitrogen and oxygen atoms in total. The smallest absolute Gasteiger partial charge is 0.306 e. The summed E-state index contributed by atoms with van der Waals surface area (Å²) >= 11 is 0. The third-order valence-corrected chi connectivity index (χ3v) is 11.6. The van der Waals surface area contributed by atoms with E-state index >= 15 is 0 Å². The van der Waals surface area contributed by atoms with Gasteiger partial charge in [0, 0.05) is 19.4 Å². The van der Waals surface area contributed by atoms with E-state index in [1.807, 2.05) is 0 Å². The van der Waals surface area contributed by atoms with Crippen molar-refractivity contribution in [1.82, 2.24) is 0 Å². The van der Waals surface area contributed by atoms with E-state index in [-0.39, 0.29) is 25.2 Å². The van der Waals surface area contributed by atoms with Crippen molar-refractivity contribution in [3.8, 4) is 0 Å². The molecular formula is C57H102O5. The van der Waals surface area contributed by atoms with Crippen LogP contribution in [0.2, 0.25) is 0 Å². The second-order valence-corrected chi connectivity index (χ2v) is 17.8. The Kier molecular flexibility index (Phi) is 50.9.